The third-order valence-corrected chi connectivity index (χ3v) is 3.77. The fourth-order valence-corrected chi connectivity index (χ4v) is 2.57. The molecular weight excluding hydrogens is 252 g/mol. The van der Waals surface area contributed by atoms with Gasteiger partial charge in [0.2, 0.25) is 0 Å². The molecule has 1 aliphatic rings. The number of hydrogen-bond donors (Lipinski definition) is 2. The number of aryl methyl sites for hydroxylation is 1. The van der Waals surface area contributed by atoms with E-state index in [0.29, 0.717) is 6.04 Å². The molecule has 1 atom stereocenters. The number of tetrazole rings is 1. The first kappa shape index (κ1) is 13.1. The molecule has 0 spiro atoms. The quantitative estimate of drug-likeness (QED) is 0.887. The summed E-state index contributed by atoms with van der Waals surface area (Å²) in [6, 6.07) is 6.79. The van der Waals surface area contributed by atoms with Crippen LogP contribution in [0.2, 0.25) is 0 Å². The van der Waals surface area contributed by atoms with E-state index in [0.717, 1.165) is 25.2 Å². The zero-order valence-electron chi connectivity index (χ0n) is 11.7. The van der Waals surface area contributed by atoms with Crippen LogP contribution >= 0.6 is 0 Å². The lowest BCUT2D eigenvalue weighted by atomic mass is 10.1. The molecule has 1 aliphatic heterocycles. The summed E-state index contributed by atoms with van der Waals surface area (Å²) in [7, 11) is 0. The van der Waals surface area contributed by atoms with Gasteiger partial charge in [-0.3, -0.25) is 0 Å². The lowest BCUT2D eigenvalue weighted by Crippen LogP contribution is -2.22. The van der Waals surface area contributed by atoms with Gasteiger partial charge in [-0.15, -0.1) is 5.10 Å². The molecule has 2 N–H and O–H groups in total. The van der Waals surface area contributed by atoms with Crippen molar-refractivity contribution >= 4 is 5.69 Å². The highest BCUT2D eigenvalue weighted by molar-refractivity contribution is 5.57. The fraction of sp³-hybridized carbons (Fsp3) is 0.500. The third-order valence-electron chi connectivity index (χ3n) is 3.77. The van der Waals surface area contributed by atoms with Crippen LogP contribution in [0.4, 0.5) is 5.69 Å². The summed E-state index contributed by atoms with van der Waals surface area (Å²) in [6.07, 6.45) is 5.21. The van der Waals surface area contributed by atoms with E-state index in [1.807, 2.05) is 6.07 Å². The number of rotatable bonds is 3. The van der Waals surface area contributed by atoms with E-state index in [1.54, 1.807) is 11.0 Å². The first-order chi connectivity index (χ1) is 9.83. The summed E-state index contributed by atoms with van der Waals surface area (Å²) in [5.74, 6) is 0. The molecule has 1 aromatic heterocycles. The maximum atomic E-state index is 3.94. The highest BCUT2D eigenvalue weighted by Crippen LogP contribution is 2.21. The number of nitrogens with zero attached hydrogens (tertiary/aromatic N) is 4. The van der Waals surface area contributed by atoms with Crippen LogP contribution in [0.1, 0.15) is 24.8 Å². The molecule has 0 radical (unpaired) electrons. The average molecular weight is 272 g/mol. The molecule has 2 heterocycles. The Morgan fingerprint density at radius 2 is 2.25 bits per heavy atom. The van der Waals surface area contributed by atoms with Gasteiger partial charge in [0.15, 0.2) is 0 Å². The zero-order valence-corrected chi connectivity index (χ0v) is 11.7. The Labute approximate surface area is 118 Å². The van der Waals surface area contributed by atoms with Gasteiger partial charge >= 0.3 is 0 Å². The van der Waals surface area contributed by atoms with Crippen molar-refractivity contribution in [3.05, 3.63) is 30.1 Å². The molecule has 106 valence electrons. The second-order valence-electron chi connectivity index (χ2n) is 5.28. The van der Waals surface area contributed by atoms with E-state index in [9.17, 15) is 0 Å². The summed E-state index contributed by atoms with van der Waals surface area (Å²) < 4.78 is 1.68. The van der Waals surface area contributed by atoms with Gasteiger partial charge in [0.1, 0.15) is 6.33 Å². The first-order valence-electron chi connectivity index (χ1n) is 7.14. The first-order valence-corrected chi connectivity index (χ1v) is 7.14. The summed E-state index contributed by atoms with van der Waals surface area (Å²) in [5.41, 5.74) is 3.40. The molecule has 1 unspecified atom stereocenters. The van der Waals surface area contributed by atoms with Gasteiger partial charge in [-0.1, -0.05) is 6.07 Å². The Balaban J connectivity index is 1.79. The molecule has 0 bridgehead atoms. The minimum atomic E-state index is 0.535. The Morgan fingerprint density at radius 1 is 1.30 bits per heavy atom. The summed E-state index contributed by atoms with van der Waals surface area (Å²) >= 11 is 0. The Kier molecular flexibility index (Phi) is 3.92. The summed E-state index contributed by atoms with van der Waals surface area (Å²) in [4.78, 5) is 0. The van der Waals surface area contributed by atoms with Crippen molar-refractivity contribution in [3.63, 3.8) is 0 Å². The maximum absolute atomic E-state index is 3.94. The lowest BCUT2D eigenvalue weighted by molar-refractivity contribution is 0.637. The van der Waals surface area contributed by atoms with Crippen molar-refractivity contribution in [1.82, 2.24) is 25.5 Å². The van der Waals surface area contributed by atoms with Gasteiger partial charge < -0.3 is 10.6 Å². The Hall–Kier alpha value is -1.95. The summed E-state index contributed by atoms with van der Waals surface area (Å²) in [6.45, 7) is 4.34. The van der Waals surface area contributed by atoms with Crippen molar-refractivity contribution in [2.75, 3.05) is 18.4 Å². The van der Waals surface area contributed by atoms with Crippen molar-refractivity contribution in [2.45, 2.75) is 32.2 Å². The molecule has 0 saturated carbocycles. The lowest BCUT2D eigenvalue weighted by Gasteiger charge is -2.19. The number of benzene rings is 1. The van der Waals surface area contributed by atoms with Gasteiger partial charge in [0.25, 0.3) is 0 Å². The van der Waals surface area contributed by atoms with Gasteiger partial charge in [0.05, 0.1) is 5.69 Å². The zero-order chi connectivity index (χ0) is 13.8. The molecule has 20 heavy (non-hydrogen) atoms. The van der Waals surface area contributed by atoms with Gasteiger partial charge in [-0.25, -0.2) is 4.68 Å². The predicted molar refractivity (Wildman–Crippen MR) is 78.0 cm³/mol. The van der Waals surface area contributed by atoms with Crippen molar-refractivity contribution in [1.29, 1.82) is 0 Å². The van der Waals surface area contributed by atoms with Crippen LogP contribution in [-0.4, -0.2) is 39.3 Å². The summed E-state index contributed by atoms with van der Waals surface area (Å²) in [5, 5.41) is 18.4. The fourth-order valence-electron chi connectivity index (χ4n) is 2.57. The minimum absolute atomic E-state index is 0.535. The van der Waals surface area contributed by atoms with Crippen LogP contribution < -0.4 is 10.6 Å². The Morgan fingerprint density at radius 3 is 3.10 bits per heavy atom. The number of aromatic nitrogens is 4. The molecule has 0 amide bonds. The molecule has 1 aromatic carbocycles. The Bertz CT molecular complexity index is 543. The number of nitrogens with one attached hydrogen (secondary N) is 2. The highest BCUT2D eigenvalue weighted by atomic mass is 15.5. The van der Waals surface area contributed by atoms with E-state index >= 15 is 0 Å². The van der Waals surface area contributed by atoms with E-state index in [4.69, 9.17) is 0 Å². The standard InChI is InChI=1S/C14H20N6/c1-11-4-5-13(20-10-16-18-19-20)9-14(11)17-12-3-2-7-15-8-6-12/h4-5,9-10,12,15,17H,2-3,6-8H2,1H3. The van der Waals surface area contributed by atoms with Crippen molar-refractivity contribution < 1.29 is 0 Å². The smallest absolute Gasteiger partial charge is 0.143 e. The second kappa shape index (κ2) is 6.00. The largest absolute Gasteiger partial charge is 0.382 e. The predicted octanol–water partition coefficient (Wildman–Crippen LogP) is 1.52. The van der Waals surface area contributed by atoms with Gasteiger partial charge in [0, 0.05) is 11.7 Å². The van der Waals surface area contributed by atoms with E-state index in [1.165, 1.54) is 24.1 Å². The number of hydrogen-bond acceptors (Lipinski definition) is 5. The van der Waals surface area contributed by atoms with Crippen LogP contribution in [0.5, 0.6) is 0 Å². The molecule has 0 aliphatic carbocycles. The van der Waals surface area contributed by atoms with Crippen LogP contribution in [0.3, 0.4) is 0 Å². The monoisotopic (exact) mass is 272 g/mol. The van der Waals surface area contributed by atoms with E-state index < -0.39 is 0 Å². The van der Waals surface area contributed by atoms with Crippen molar-refractivity contribution in [2.24, 2.45) is 0 Å². The van der Waals surface area contributed by atoms with Crippen LogP contribution in [0.25, 0.3) is 5.69 Å². The van der Waals surface area contributed by atoms with Crippen LogP contribution in [-0.2, 0) is 0 Å². The third kappa shape index (κ3) is 2.96. The SMILES string of the molecule is Cc1ccc(-n2cnnn2)cc1NC1CCCNCC1. The molecular formula is C14H20N6. The normalized spacial score (nSPS) is 19.6. The van der Waals surface area contributed by atoms with E-state index in [2.05, 4.69) is 45.2 Å². The topological polar surface area (TPSA) is 67.7 Å². The van der Waals surface area contributed by atoms with Crippen LogP contribution in [0, 0.1) is 6.92 Å². The maximum Gasteiger partial charge on any atom is 0.143 e. The number of anilines is 1. The molecule has 6 nitrogen and oxygen atoms in total. The van der Waals surface area contributed by atoms with Crippen LogP contribution in [0.15, 0.2) is 24.5 Å². The minimum Gasteiger partial charge on any atom is -0.382 e. The second-order valence-corrected chi connectivity index (χ2v) is 5.28. The van der Waals surface area contributed by atoms with E-state index in [-0.39, 0.29) is 0 Å². The van der Waals surface area contributed by atoms with Crippen molar-refractivity contribution in [3.8, 4) is 5.69 Å². The molecule has 1 saturated heterocycles. The average Bonchev–Trinajstić information content (AvgIpc) is 2.87. The molecule has 2 aromatic rings. The molecule has 6 heteroatoms. The van der Waals surface area contributed by atoms with Gasteiger partial charge in [-0.05, 0) is 67.4 Å². The highest BCUT2D eigenvalue weighted by Gasteiger charge is 2.13. The van der Waals surface area contributed by atoms with Gasteiger partial charge in [-0.2, -0.15) is 0 Å². The molecule has 3 rings (SSSR count). The molecule has 1 fully saturated rings.